The van der Waals surface area contributed by atoms with Gasteiger partial charge in [0.25, 0.3) is 0 Å². The van der Waals surface area contributed by atoms with Crippen LogP contribution in [0.1, 0.15) is 33.6 Å². The lowest BCUT2D eigenvalue weighted by Crippen LogP contribution is -2.45. The fraction of sp³-hybridized carbons (Fsp3) is 1.00. The van der Waals surface area contributed by atoms with Crippen molar-refractivity contribution >= 4 is 0 Å². The molecule has 0 bridgehead atoms. The Bertz CT molecular complexity index is 119. The van der Waals surface area contributed by atoms with Crippen molar-refractivity contribution in [3.05, 3.63) is 0 Å². The largest absolute Gasteiger partial charge is 0.393 e. The van der Waals surface area contributed by atoms with Crippen molar-refractivity contribution in [3.8, 4) is 0 Å². The zero-order valence-corrected chi connectivity index (χ0v) is 8.12. The lowest BCUT2D eigenvalue weighted by molar-refractivity contribution is -0.113. The molecule has 0 heterocycles. The maximum absolute atomic E-state index is 9.65. The Balaban J connectivity index is 4.11. The summed E-state index contributed by atoms with van der Waals surface area (Å²) in [5.41, 5.74) is -1.32. The molecule has 0 saturated heterocycles. The molecule has 0 aromatic heterocycles. The van der Waals surface area contributed by atoms with E-state index in [0.29, 0.717) is 18.8 Å². The summed E-state index contributed by atoms with van der Waals surface area (Å²) < 4.78 is 0. The highest BCUT2D eigenvalue weighted by Crippen LogP contribution is 2.20. The first-order chi connectivity index (χ1) is 5.46. The Morgan fingerprint density at radius 1 is 1.33 bits per heavy atom. The van der Waals surface area contributed by atoms with E-state index < -0.39 is 11.7 Å². The van der Waals surface area contributed by atoms with E-state index in [4.69, 9.17) is 5.11 Å². The molecule has 0 aliphatic carbocycles. The Labute approximate surface area is 74.0 Å². The molecule has 2 unspecified atom stereocenters. The monoisotopic (exact) mass is 176 g/mol. The molecule has 74 valence electrons. The zero-order chi connectivity index (χ0) is 9.78. The van der Waals surface area contributed by atoms with Gasteiger partial charge in [0.05, 0.1) is 12.7 Å². The van der Waals surface area contributed by atoms with Crippen LogP contribution in [0.25, 0.3) is 0 Å². The molecule has 0 aliphatic heterocycles. The van der Waals surface area contributed by atoms with Gasteiger partial charge in [0.15, 0.2) is 0 Å². The summed E-state index contributed by atoms with van der Waals surface area (Å²) in [6.45, 7) is 5.31. The maximum atomic E-state index is 9.65. The molecule has 3 N–H and O–H groups in total. The number of aliphatic hydroxyl groups is 3. The van der Waals surface area contributed by atoms with Crippen molar-refractivity contribution in [2.45, 2.75) is 45.3 Å². The molecule has 2 atom stereocenters. The van der Waals surface area contributed by atoms with Crippen molar-refractivity contribution in [1.29, 1.82) is 0 Å². The lowest BCUT2D eigenvalue weighted by Gasteiger charge is -2.30. The average molecular weight is 176 g/mol. The molecule has 12 heavy (non-hydrogen) atoms. The predicted molar refractivity (Wildman–Crippen MR) is 47.8 cm³/mol. The van der Waals surface area contributed by atoms with Crippen molar-refractivity contribution in [2.24, 2.45) is 5.92 Å². The highest BCUT2D eigenvalue weighted by Gasteiger charge is 2.33. The Morgan fingerprint density at radius 3 is 2.08 bits per heavy atom. The second-order valence-corrected chi connectivity index (χ2v) is 3.76. The number of hydrogen-bond donors (Lipinski definition) is 3. The minimum absolute atomic E-state index is 0.324. The smallest absolute Gasteiger partial charge is 0.113 e. The normalized spacial score (nSPS) is 19.2. The van der Waals surface area contributed by atoms with Crippen LogP contribution in [-0.4, -0.2) is 33.6 Å². The fourth-order valence-corrected chi connectivity index (χ4v) is 1.12. The summed E-state index contributed by atoms with van der Waals surface area (Å²) in [6.07, 6.45) is 0.0648. The first-order valence-electron chi connectivity index (χ1n) is 4.47. The van der Waals surface area contributed by atoms with Gasteiger partial charge in [-0.05, 0) is 18.8 Å². The molecule has 0 spiro atoms. The molecule has 0 saturated carbocycles. The molecular formula is C9H20O3. The van der Waals surface area contributed by atoms with Gasteiger partial charge in [-0.15, -0.1) is 0 Å². The van der Waals surface area contributed by atoms with E-state index in [-0.39, 0.29) is 6.61 Å². The molecule has 0 rings (SSSR count). The van der Waals surface area contributed by atoms with E-state index in [1.165, 1.54) is 0 Å². The summed E-state index contributed by atoms with van der Waals surface area (Å²) in [7, 11) is 0. The van der Waals surface area contributed by atoms with Gasteiger partial charge in [0.1, 0.15) is 5.60 Å². The minimum atomic E-state index is -1.32. The average Bonchev–Trinajstić information content (AvgIpc) is 2.02. The van der Waals surface area contributed by atoms with Crippen LogP contribution >= 0.6 is 0 Å². The van der Waals surface area contributed by atoms with E-state index >= 15 is 0 Å². The van der Waals surface area contributed by atoms with Crippen LogP contribution in [0, 0.1) is 5.92 Å². The van der Waals surface area contributed by atoms with E-state index in [0.717, 1.165) is 0 Å². The van der Waals surface area contributed by atoms with Crippen LogP contribution in [0.3, 0.4) is 0 Å². The van der Waals surface area contributed by atoms with Gasteiger partial charge in [-0.25, -0.2) is 0 Å². The molecule has 0 aromatic rings. The van der Waals surface area contributed by atoms with Crippen molar-refractivity contribution in [3.63, 3.8) is 0 Å². The van der Waals surface area contributed by atoms with Crippen molar-refractivity contribution < 1.29 is 15.3 Å². The van der Waals surface area contributed by atoms with Gasteiger partial charge >= 0.3 is 0 Å². The number of aliphatic hydroxyl groups excluding tert-OH is 2. The Morgan fingerprint density at radius 2 is 1.83 bits per heavy atom. The van der Waals surface area contributed by atoms with Crippen LogP contribution in [0.5, 0.6) is 0 Å². The molecule has 0 aromatic carbocycles. The van der Waals surface area contributed by atoms with E-state index in [1.807, 2.05) is 13.8 Å². The predicted octanol–water partition coefficient (Wildman–Crippen LogP) is 0.527. The second-order valence-electron chi connectivity index (χ2n) is 3.76. The highest BCUT2D eigenvalue weighted by atomic mass is 16.4. The summed E-state index contributed by atoms with van der Waals surface area (Å²) in [6, 6.07) is 0. The molecule has 0 fully saturated rings. The van der Waals surface area contributed by atoms with Gasteiger partial charge < -0.3 is 15.3 Å². The van der Waals surface area contributed by atoms with Gasteiger partial charge in [-0.3, -0.25) is 0 Å². The van der Waals surface area contributed by atoms with E-state index in [9.17, 15) is 10.2 Å². The Hall–Kier alpha value is -0.120. The highest BCUT2D eigenvalue weighted by molar-refractivity contribution is 4.84. The topological polar surface area (TPSA) is 60.7 Å². The van der Waals surface area contributed by atoms with Crippen LogP contribution in [-0.2, 0) is 0 Å². The molecule has 3 heteroatoms. The van der Waals surface area contributed by atoms with Crippen molar-refractivity contribution in [1.82, 2.24) is 0 Å². The van der Waals surface area contributed by atoms with Crippen LogP contribution < -0.4 is 0 Å². The third-order valence-electron chi connectivity index (χ3n) is 2.20. The standard InChI is InChI=1S/C9H20O3/c1-4-9(12,6-10)8(11)5-7(2)3/h7-8,10-12H,4-6H2,1-3H3. The van der Waals surface area contributed by atoms with Crippen molar-refractivity contribution in [2.75, 3.05) is 6.61 Å². The third kappa shape index (κ3) is 3.09. The van der Waals surface area contributed by atoms with Gasteiger partial charge in [0.2, 0.25) is 0 Å². The molecule has 3 nitrogen and oxygen atoms in total. The first kappa shape index (κ1) is 11.9. The molecule has 0 radical (unpaired) electrons. The maximum Gasteiger partial charge on any atom is 0.113 e. The second kappa shape index (κ2) is 4.80. The van der Waals surface area contributed by atoms with Crippen LogP contribution in [0.2, 0.25) is 0 Å². The lowest BCUT2D eigenvalue weighted by atomic mass is 9.89. The van der Waals surface area contributed by atoms with Crippen LogP contribution in [0.4, 0.5) is 0 Å². The summed E-state index contributed by atoms with van der Waals surface area (Å²) >= 11 is 0. The fourth-order valence-electron chi connectivity index (χ4n) is 1.12. The van der Waals surface area contributed by atoms with E-state index in [2.05, 4.69) is 0 Å². The Kier molecular flexibility index (Phi) is 4.75. The number of hydrogen-bond acceptors (Lipinski definition) is 3. The SMILES string of the molecule is CCC(O)(CO)C(O)CC(C)C. The van der Waals surface area contributed by atoms with Crippen LogP contribution in [0.15, 0.2) is 0 Å². The minimum Gasteiger partial charge on any atom is -0.393 e. The molecule has 0 amide bonds. The first-order valence-corrected chi connectivity index (χ1v) is 4.47. The van der Waals surface area contributed by atoms with E-state index in [1.54, 1.807) is 6.92 Å². The van der Waals surface area contributed by atoms with Gasteiger partial charge in [0, 0.05) is 0 Å². The summed E-state index contributed by atoms with van der Waals surface area (Å²) in [5, 5.41) is 28.0. The van der Waals surface area contributed by atoms with Gasteiger partial charge in [-0.1, -0.05) is 20.8 Å². The number of rotatable bonds is 5. The zero-order valence-electron chi connectivity index (χ0n) is 8.12. The summed E-state index contributed by atoms with van der Waals surface area (Å²) in [4.78, 5) is 0. The molecule has 0 aliphatic rings. The molecular weight excluding hydrogens is 156 g/mol. The third-order valence-corrected chi connectivity index (χ3v) is 2.20. The summed E-state index contributed by atoms with van der Waals surface area (Å²) in [5.74, 6) is 0.324. The quantitative estimate of drug-likeness (QED) is 0.572. The van der Waals surface area contributed by atoms with Gasteiger partial charge in [-0.2, -0.15) is 0 Å².